The van der Waals surface area contributed by atoms with Crippen molar-refractivity contribution in [2.24, 2.45) is 10.8 Å². The molecule has 10 heteroatoms. The molecular weight excluding hydrogens is 329 g/mol. The van der Waals surface area contributed by atoms with Crippen LogP contribution in [-0.2, 0) is 0 Å². The van der Waals surface area contributed by atoms with Gasteiger partial charge in [-0.05, 0) is 36.4 Å². The molecule has 0 heterocycles. The topological polar surface area (TPSA) is 103 Å². The van der Waals surface area contributed by atoms with E-state index in [1.165, 1.54) is 36.4 Å². The van der Waals surface area contributed by atoms with Crippen LogP contribution in [0.2, 0.25) is 0 Å². The second kappa shape index (κ2) is 6.86. The lowest BCUT2D eigenvalue weighted by Gasteiger charge is -2.09. The molecule has 0 saturated carbocycles. The Kier molecular flexibility index (Phi) is 4.87. The highest BCUT2D eigenvalue weighted by Crippen LogP contribution is 2.24. The predicted octanol–water partition coefficient (Wildman–Crippen LogP) is 3.23. The van der Waals surface area contributed by atoms with Gasteiger partial charge in [0.2, 0.25) is 0 Å². The van der Waals surface area contributed by atoms with Crippen LogP contribution in [0.25, 0.3) is 0 Å². The number of nitro groups is 1. The van der Waals surface area contributed by atoms with Gasteiger partial charge in [0.05, 0.1) is 10.6 Å². The SMILES string of the molecule is N/C(=N\Nc1ccc(OC(F)(F)F)cc1)c1ccc([N+](=O)[O-])cc1. The molecule has 3 N–H and O–H groups in total. The number of nitro benzene ring substituents is 1. The van der Waals surface area contributed by atoms with E-state index >= 15 is 0 Å². The average molecular weight is 340 g/mol. The summed E-state index contributed by atoms with van der Waals surface area (Å²) >= 11 is 0. The molecule has 0 bridgehead atoms. The number of alkyl halides is 3. The number of rotatable bonds is 5. The second-order valence-corrected chi connectivity index (χ2v) is 4.49. The number of halogens is 3. The fourth-order valence-corrected chi connectivity index (χ4v) is 1.67. The maximum absolute atomic E-state index is 12.0. The van der Waals surface area contributed by atoms with Gasteiger partial charge < -0.3 is 10.5 Å². The number of nitrogens with two attached hydrogens (primary N) is 1. The summed E-state index contributed by atoms with van der Waals surface area (Å²) in [5, 5.41) is 14.4. The van der Waals surface area contributed by atoms with Crippen molar-refractivity contribution >= 4 is 17.2 Å². The van der Waals surface area contributed by atoms with Crippen molar-refractivity contribution in [3.8, 4) is 5.75 Å². The van der Waals surface area contributed by atoms with Gasteiger partial charge in [-0.25, -0.2) is 0 Å². The van der Waals surface area contributed by atoms with Gasteiger partial charge in [0.25, 0.3) is 5.69 Å². The largest absolute Gasteiger partial charge is 0.573 e. The fraction of sp³-hybridized carbons (Fsp3) is 0.0714. The van der Waals surface area contributed by atoms with E-state index in [-0.39, 0.29) is 17.3 Å². The van der Waals surface area contributed by atoms with Gasteiger partial charge in [-0.3, -0.25) is 15.5 Å². The molecule has 0 spiro atoms. The Balaban J connectivity index is 2.02. The number of nitrogens with zero attached hydrogens (tertiary/aromatic N) is 2. The molecule has 0 unspecified atom stereocenters. The first kappa shape index (κ1) is 17.1. The number of nitrogens with one attached hydrogen (secondary N) is 1. The molecule has 0 aromatic heterocycles. The van der Waals surface area contributed by atoms with E-state index in [1.807, 2.05) is 0 Å². The monoisotopic (exact) mass is 340 g/mol. The number of non-ortho nitro benzene ring substituents is 1. The summed E-state index contributed by atoms with van der Waals surface area (Å²) in [5.74, 6) is -0.305. The standard InChI is InChI=1S/C14H11F3N4O3/c15-14(16,17)24-12-7-3-10(4-8-12)19-20-13(18)9-1-5-11(6-2-9)21(22)23/h1-8,19H,(H2,18,20). The minimum Gasteiger partial charge on any atom is -0.406 e. The van der Waals surface area contributed by atoms with E-state index in [9.17, 15) is 23.3 Å². The van der Waals surface area contributed by atoms with Crippen molar-refractivity contribution in [2.75, 3.05) is 5.43 Å². The summed E-state index contributed by atoms with van der Waals surface area (Å²) in [4.78, 5) is 10.0. The molecule has 0 aliphatic heterocycles. The summed E-state index contributed by atoms with van der Waals surface area (Å²) in [6.07, 6.45) is -4.76. The van der Waals surface area contributed by atoms with Gasteiger partial charge >= 0.3 is 6.36 Å². The molecule has 2 rings (SSSR count). The van der Waals surface area contributed by atoms with Crippen LogP contribution in [0.15, 0.2) is 53.6 Å². The lowest BCUT2D eigenvalue weighted by Crippen LogP contribution is -2.17. The molecule has 24 heavy (non-hydrogen) atoms. The van der Waals surface area contributed by atoms with Crippen LogP contribution < -0.4 is 15.9 Å². The van der Waals surface area contributed by atoms with Crippen molar-refractivity contribution in [1.82, 2.24) is 0 Å². The minimum atomic E-state index is -4.76. The summed E-state index contributed by atoms with van der Waals surface area (Å²) < 4.78 is 39.9. The first-order chi connectivity index (χ1) is 11.2. The zero-order valence-electron chi connectivity index (χ0n) is 11.9. The molecule has 0 amide bonds. The van der Waals surface area contributed by atoms with Gasteiger partial charge in [0.1, 0.15) is 5.75 Å². The van der Waals surface area contributed by atoms with Crippen molar-refractivity contribution in [3.05, 3.63) is 64.2 Å². The first-order valence-electron chi connectivity index (χ1n) is 6.44. The normalized spacial score (nSPS) is 11.9. The molecular formula is C14H11F3N4O3. The van der Waals surface area contributed by atoms with E-state index < -0.39 is 11.3 Å². The third-order valence-electron chi connectivity index (χ3n) is 2.77. The Labute approximate surface area is 133 Å². The van der Waals surface area contributed by atoms with Gasteiger partial charge in [0.15, 0.2) is 5.84 Å². The summed E-state index contributed by atoms with van der Waals surface area (Å²) in [6, 6.07) is 10.3. The number of anilines is 1. The minimum absolute atomic E-state index is 0.0560. The molecule has 126 valence electrons. The summed E-state index contributed by atoms with van der Waals surface area (Å²) in [6.45, 7) is 0. The van der Waals surface area contributed by atoms with Crippen molar-refractivity contribution in [2.45, 2.75) is 6.36 Å². The molecule has 0 aliphatic carbocycles. The number of benzene rings is 2. The van der Waals surface area contributed by atoms with Crippen molar-refractivity contribution in [3.63, 3.8) is 0 Å². The van der Waals surface area contributed by atoms with Gasteiger partial charge in [-0.15, -0.1) is 13.2 Å². The van der Waals surface area contributed by atoms with Crippen LogP contribution in [0.3, 0.4) is 0 Å². The van der Waals surface area contributed by atoms with Crippen LogP contribution in [0.1, 0.15) is 5.56 Å². The Morgan fingerprint density at radius 1 is 1.12 bits per heavy atom. The van der Waals surface area contributed by atoms with E-state index in [2.05, 4.69) is 15.3 Å². The highest BCUT2D eigenvalue weighted by atomic mass is 19.4. The Morgan fingerprint density at radius 2 is 1.71 bits per heavy atom. The number of hydrogen-bond acceptors (Lipinski definition) is 5. The number of ether oxygens (including phenoxy) is 1. The van der Waals surface area contributed by atoms with Crippen molar-refractivity contribution < 1.29 is 22.8 Å². The van der Waals surface area contributed by atoms with Crippen LogP contribution in [0.5, 0.6) is 5.75 Å². The van der Waals surface area contributed by atoms with Crippen LogP contribution >= 0.6 is 0 Å². The van der Waals surface area contributed by atoms with E-state index in [4.69, 9.17) is 5.73 Å². The third-order valence-corrected chi connectivity index (χ3v) is 2.77. The molecule has 0 saturated heterocycles. The van der Waals surface area contributed by atoms with E-state index in [1.54, 1.807) is 0 Å². The Morgan fingerprint density at radius 3 is 2.21 bits per heavy atom. The molecule has 0 radical (unpaired) electrons. The number of hydrazone groups is 1. The molecule has 0 atom stereocenters. The average Bonchev–Trinajstić information content (AvgIpc) is 2.52. The second-order valence-electron chi connectivity index (χ2n) is 4.49. The summed E-state index contributed by atoms with van der Waals surface area (Å²) in [7, 11) is 0. The first-order valence-corrected chi connectivity index (χ1v) is 6.44. The highest BCUT2D eigenvalue weighted by Gasteiger charge is 2.30. The Hall–Kier alpha value is -3.30. The molecule has 0 fully saturated rings. The molecule has 2 aromatic carbocycles. The zero-order chi connectivity index (χ0) is 17.7. The van der Waals surface area contributed by atoms with E-state index in [0.29, 0.717) is 11.3 Å². The maximum Gasteiger partial charge on any atom is 0.573 e. The molecule has 7 nitrogen and oxygen atoms in total. The van der Waals surface area contributed by atoms with Crippen LogP contribution in [-0.4, -0.2) is 17.1 Å². The molecule has 0 aliphatic rings. The van der Waals surface area contributed by atoms with Gasteiger partial charge in [0, 0.05) is 17.7 Å². The maximum atomic E-state index is 12.0. The van der Waals surface area contributed by atoms with Crippen LogP contribution in [0.4, 0.5) is 24.5 Å². The van der Waals surface area contributed by atoms with Gasteiger partial charge in [-0.2, -0.15) is 5.10 Å². The predicted molar refractivity (Wildman–Crippen MR) is 80.6 cm³/mol. The fourth-order valence-electron chi connectivity index (χ4n) is 1.67. The lowest BCUT2D eigenvalue weighted by atomic mass is 10.2. The molecule has 2 aromatic rings. The van der Waals surface area contributed by atoms with E-state index in [0.717, 1.165) is 12.1 Å². The highest BCUT2D eigenvalue weighted by molar-refractivity contribution is 5.98. The zero-order valence-corrected chi connectivity index (χ0v) is 11.9. The van der Waals surface area contributed by atoms with Gasteiger partial charge in [-0.1, -0.05) is 0 Å². The Bertz CT molecular complexity index is 743. The van der Waals surface area contributed by atoms with Crippen LogP contribution in [0, 0.1) is 10.1 Å². The number of amidine groups is 1. The smallest absolute Gasteiger partial charge is 0.406 e. The lowest BCUT2D eigenvalue weighted by molar-refractivity contribution is -0.384. The van der Waals surface area contributed by atoms with Crippen molar-refractivity contribution in [1.29, 1.82) is 0 Å². The number of hydrogen-bond donors (Lipinski definition) is 2. The quantitative estimate of drug-likeness (QED) is 0.376. The summed E-state index contributed by atoms with van der Waals surface area (Å²) in [5.41, 5.74) is 9.04. The third kappa shape index (κ3) is 4.87.